The first-order valence-corrected chi connectivity index (χ1v) is 5.97. The van der Waals surface area contributed by atoms with Crippen LogP contribution in [0.15, 0.2) is 24.3 Å². The summed E-state index contributed by atoms with van der Waals surface area (Å²) in [4.78, 5) is 2.20. The minimum Gasteiger partial charge on any atom is -0.372 e. The first-order chi connectivity index (χ1) is 8.08. The van der Waals surface area contributed by atoms with E-state index in [0.717, 1.165) is 24.3 Å². The molecular weight excluding hydrogens is 258 g/mol. The second-order valence-electron chi connectivity index (χ2n) is 4.00. The predicted octanol–water partition coefficient (Wildman–Crippen LogP) is 3.61. The summed E-state index contributed by atoms with van der Waals surface area (Å²) in [5.41, 5.74) is 7.56. The fourth-order valence-corrected chi connectivity index (χ4v) is 1.85. The number of halogens is 3. The number of anilines is 1. The maximum atomic E-state index is 12.2. The van der Waals surface area contributed by atoms with E-state index in [9.17, 15) is 8.78 Å². The number of hydrogen-bond donors (Lipinski definition) is 1. The van der Waals surface area contributed by atoms with Crippen molar-refractivity contribution in [1.82, 2.24) is 0 Å². The lowest BCUT2D eigenvalue weighted by Crippen LogP contribution is -2.22. The highest BCUT2D eigenvalue weighted by Gasteiger charge is 2.13. The third-order valence-electron chi connectivity index (χ3n) is 2.88. The number of benzene rings is 1. The van der Waals surface area contributed by atoms with Crippen molar-refractivity contribution in [2.75, 3.05) is 18.0 Å². The van der Waals surface area contributed by atoms with Gasteiger partial charge in [-0.1, -0.05) is 12.1 Å². The Morgan fingerprint density at radius 2 is 1.61 bits per heavy atom. The highest BCUT2D eigenvalue weighted by Crippen LogP contribution is 2.21. The first-order valence-electron chi connectivity index (χ1n) is 5.97. The monoisotopic (exact) mass is 278 g/mol. The van der Waals surface area contributed by atoms with Crippen LogP contribution in [-0.2, 0) is 0 Å². The Kier molecular flexibility index (Phi) is 7.87. The van der Waals surface area contributed by atoms with Crippen LogP contribution in [0.1, 0.15) is 31.9 Å². The van der Waals surface area contributed by atoms with E-state index in [1.807, 2.05) is 24.3 Å². The van der Waals surface area contributed by atoms with Crippen molar-refractivity contribution in [3.8, 4) is 0 Å². The van der Waals surface area contributed by atoms with Gasteiger partial charge in [-0.3, -0.25) is 0 Å². The smallest absolute Gasteiger partial charge is 0.240 e. The van der Waals surface area contributed by atoms with Crippen LogP contribution in [0.2, 0.25) is 0 Å². The molecule has 0 aliphatic rings. The summed E-state index contributed by atoms with van der Waals surface area (Å²) >= 11 is 0. The molecule has 0 heterocycles. The average Bonchev–Trinajstić information content (AvgIpc) is 2.30. The number of nitrogens with zero attached hydrogens (tertiary/aromatic N) is 1. The minimum absolute atomic E-state index is 0. The van der Waals surface area contributed by atoms with Crippen molar-refractivity contribution in [3.63, 3.8) is 0 Å². The average molecular weight is 279 g/mol. The van der Waals surface area contributed by atoms with E-state index in [4.69, 9.17) is 5.73 Å². The van der Waals surface area contributed by atoms with E-state index in [-0.39, 0.29) is 18.8 Å². The van der Waals surface area contributed by atoms with E-state index in [0.29, 0.717) is 0 Å². The van der Waals surface area contributed by atoms with Crippen molar-refractivity contribution in [2.45, 2.75) is 32.7 Å². The van der Waals surface area contributed by atoms with Crippen molar-refractivity contribution in [3.05, 3.63) is 29.8 Å². The third kappa shape index (κ3) is 4.78. The fourth-order valence-electron chi connectivity index (χ4n) is 1.85. The molecule has 0 bridgehead atoms. The molecule has 18 heavy (non-hydrogen) atoms. The van der Waals surface area contributed by atoms with Gasteiger partial charge in [-0.05, 0) is 31.5 Å². The fraction of sp³-hybridized carbons (Fsp3) is 0.538. The molecule has 0 radical (unpaired) electrons. The Balaban J connectivity index is 0.00000289. The summed E-state index contributed by atoms with van der Waals surface area (Å²) in [5.74, 6) is 0. The third-order valence-corrected chi connectivity index (χ3v) is 2.88. The summed E-state index contributed by atoms with van der Waals surface area (Å²) in [5, 5.41) is 0. The van der Waals surface area contributed by atoms with E-state index in [1.54, 1.807) is 0 Å². The van der Waals surface area contributed by atoms with Crippen LogP contribution < -0.4 is 10.6 Å². The van der Waals surface area contributed by atoms with E-state index < -0.39 is 12.5 Å². The van der Waals surface area contributed by atoms with Gasteiger partial charge in [0.25, 0.3) is 0 Å². The molecule has 5 heteroatoms. The summed E-state index contributed by atoms with van der Waals surface area (Å²) in [6.07, 6.45) is -2.64. The summed E-state index contributed by atoms with van der Waals surface area (Å²) < 4.78 is 24.4. The SMILES string of the molecule is CCN(CC)c1ccc([C@H](N)CC(F)F)cc1.Cl. The normalized spacial score (nSPS) is 12.1. The zero-order valence-corrected chi connectivity index (χ0v) is 11.6. The quantitative estimate of drug-likeness (QED) is 0.861. The lowest BCUT2D eigenvalue weighted by atomic mass is 10.0. The van der Waals surface area contributed by atoms with Gasteiger partial charge in [0.15, 0.2) is 0 Å². The molecular formula is C13H21ClF2N2. The molecule has 1 atom stereocenters. The molecule has 0 aliphatic carbocycles. The van der Waals surface area contributed by atoms with Crippen molar-refractivity contribution >= 4 is 18.1 Å². The molecule has 0 fully saturated rings. The van der Waals surface area contributed by atoms with Crippen LogP contribution in [0, 0.1) is 0 Å². The Hall–Kier alpha value is -0.870. The molecule has 2 N–H and O–H groups in total. The number of hydrogen-bond acceptors (Lipinski definition) is 2. The van der Waals surface area contributed by atoms with Crippen LogP contribution in [0.4, 0.5) is 14.5 Å². The van der Waals surface area contributed by atoms with Crippen LogP contribution in [0.3, 0.4) is 0 Å². The lowest BCUT2D eigenvalue weighted by molar-refractivity contribution is 0.128. The summed E-state index contributed by atoms with van der Waals surface area (Å²) in [7, 11) is 0. The molecule has 1 aromatic carbocycles. The molecule has 2 nitrogen and oxygen atoms in total. The van der Waals surface area contributed by atoms with Crippen molar-refractivity contribution < 1.29 is 8.78 Å². The molecule has 0 unspecified atom stereocenters. The Morgan fingerprint density at radius 3 is 2.00 bits per heavy atom. The number of nitrogens with two attached hydrogens (primary N) is 1. The lowest BCUT2D eigenvalue weighted by Gasteiger charge is -2.21. The van der Waals surface area contributed by atoms with Crippen LogP contribution in [0.5, 0.6) is 0 Å². The van der Waals surface area contributed by atoms with Gasteiger partial charge >= 0.3 is 0 Å². The zero-order valence-electron chi connectivity index (χ0n) is 10.8. The molecule has 0 spiro atoms. The molecule has 0 aromatic heterocycles. The van der Waals surface area contributed by atoms with Crippen molar-refractivity contribution in [2.24, 2.45) is 5.73 Å². The summed E-state index contributed by atoms with van der Waals surface area (Å²) in [6.45, 7) is 6.03. The first kappa shape index (κ1) is 17.1. The molecule has 1 rings (SSSR count). The molecule has 0 saturated carbocycles. The van der Waals surface area contributed by atoms with Crippen LogP contribution >= 0.6 is 12.4 Å². The topological polar surface area (TPSA) is 29.3 Å². The molecule has 1 aromatic rings. The standard InChI is InChI=1S/C13H20F2N2.ClH/c1-3-17(4-2)11-7-5-10(6-8-11)12(16)9-13(14)15;/h5-8,12-13H,3-4,9,16H2,1-2H3;1H/t12-;/m1./s1. The second-order valence-corrected chi connectivity index (χ2v) is 4.00. The van der Waals surface area contributed by atoms with Gasteiger partial charge < -0.3 is 10.6 Å². The van der Waals surface area contributed by atoms with Gasteiger partial charge in [0.1, 0.15) is 0 Å². The zero-order chi connectivity index (χ0) is 12.8. The maximum Gasteiger partial charge on any atom is 0.240 e. The van der Waals surface area contributed by atoms with E-state index >= 15 is 0 Å². The van der Waals surface area contributed by atoms with Crippen LogP contribution in [0.25, 0.3) is 0 Å². The van der Waals surface area contributed by atoms with Gasteiger partial charge in [-0.15, -0.1) is 12.4 Å². The van der Waals surface area contributed by atoms with Crippen molar-refractivity contribution in [1.29, 1.82) is 0 Å². The highest BCUT2D eigenvalue weighted by molar-refractivity contribution is 5.85. The van der Waals surface area contributed by atoms with Gasteiger partial charge in [-0.2, -0.15) is 0 Å². The van der Waals surface area contributed by atoms with Gasteiger partial charge in [0, 0.05) is 31.2 Å². The van der Waals surface area contributed by atoms with Gasteiger partial charge in [0.05, 0.1) is 0 Å². The largest absolute Gasteiger partial charge is 0.372 e. The minimum atomic E-state index is -2.35. The second kappa shape index (κ2) is 8.27. The van der Waals surface area contributed by atoms with Gasteiger partial charge in [-0.25, -0.2) is 8.78 Å². The maximum absolute atomic E-state index is 12.2. The Labute approximate surface area is 114 Å². The Bertz CT molecular complexity index is 326. The van der Waals surface area contributed by atoms with E-state index in [1.165, 1.54) is 0 Å². The van der Waals surface area contributed by atoms with Gasteiger partial charge in [0.2, 0.25) is 6.43 Å². The number of alkyl halides is 2. The van der Waals surface area contributed by atoms with E-state index in [2.05, 4.69) is 18.7 Å². The summed E-state index contributed by atoms with van der Waals surface area (Å²) in [6, 6.07) is 6.96. The predicted molar refractivity (Wildman–Crippen MR) is 74.8 cm³/mol. The molecule has 0 saturated heterocycles. The number of rotatable bonds is 6. The molecule has 0 amide bonds. The molecule has 0 aliphatic heterocycles. The Morgan fingerprint density at radius 1 is 1.11 bits per heavy atom. The van der Waals surface area contributed by atoms with Crippen LogP contribution in [-0.4, -0.2) is 19.5 Å². The molecule has 104 valence electrons. The highest BCUT2D eigenvalue weighted by atomic mass is 35.5.